The van der Waals surface area contributed by atoms with Gasteiger partial charge in [-0.25, -0.2) is 0 Å². The Balaban J connectivity index is 2.18. The Labute approximate surface area is 113 Å². The first-order valence-corrected chi connectivity index (χ1v) is 6.43. The van der Waals surface area contributed by atoms with Crippen LogP contribution in [-0.4, -0.2) is 43.0 Å². The minimum absolute atomic E-state index is 0.0646. The molecule has 1 amide bonds. The molecule has 5 nitrogen and oxygen atoms in total. The number of carbonyl (C=O) groups is 1. The lowest BCUT2D eigenvalue weighted by Gasteiger charge is -2.39. The number of hydrogen-bond donors (Lipinski definition) is 1. The van der Waals surface area contributed by atoms with E-state index in [1.165, 1.54) is 0 Å². The number of anilines is 1. The Morgan fingerprint density at radius 3 is 2.95 bits per heavy atom. The van der Waals surface area contributed by atoms with Crippen LogP contribution in [0.15, 0.2) is 24.3 Å². The Morgan fingerprint density at radius 2 is 2.26 bits per heavy atom. The second-order valence-corrected chi connectivity index (χ2v) is 4.65. The van der Waals surface area contributed by atoms with Crippen molar-refractivity contribution >= 4 is 11.6 Å². The van der Waals surface area contributed by atoms with Crippen molar-refractivity contribution in [2.45, 2.75) is 13.0 Å². The number of nitrogens with two attached hydrogens (primary N) is 1. The second kappa shape index (κ2) is 5.83. The number of piperazine rings is 1. The fourth-order valence-electron chi connectivity index (χ4n) is 2.38. The maximum Gasteiger partial charge on any atom is 0.244 e. The molecule has 0 saturated carbocycles. The maximum atomic E-state index is 12.4. The standard InChI is InChI=1S/C14H18N4O/c1-11-14(19)18(8-7-17(11)6-5-15)13-4-2-3-12(9-13)10-16/h2-4,9,11H,5-8,15H2,1H3. The summed E-state index contributed by atoms with van der Waals surface area (Å²) in [5.74, 6) is 0.0646. The van der Waals surface area contributed by atoms with Crippen molar-refractivity contribution in [3.63, 3.8) is 0 Å². The molecule has 0 spiro atoms. The van der Waals surface area contributed by atoms with Crippen LogP contribution < -0.4 is 10.6 Å². The summed E-state index contributed by atoms with van der Waals surface area (Å²) in [7, 11) is 0. The van der Waals surface area contributed by atoms with E-state index in [9.17, 15) is 4.79 Å². The van der Waals surface area contributed by atoms with Crippen LogP contribution in [0.1, 0.15) is 12.5 Å². The summed E-state index contributed by atoms with van der Waals surface area (Å²) in [4.78, 5) is 16.2. The molecule has 1 aromatic carbocycles. The van der Waals surface area contributed by atoms with Crippen LogP contribution in [-0.2, 0) is 4.79 Å². The van der Waals surface area contributed by atoms with Crippen molar-refractivity contribution in [2.75, 3.05) is 31.1 Å². The smallest absolute Gasteiger partial charge is 0.244 e. The summed E-state index contributed by atoms with van der Waals surface area (Å²) in [6, 6.07) is 9.09. The molecule has 0 bridgehead atoms. The molecule has 2 N–H and O–H groups in total. The van der Waals surface area contributed by atoms with Gasteiger partial charge in [0.1, 0.15) is 0 Å². The third-order valence-corrected chi connectivity index (χ3v) is 3.49. The fraction of sp³-hybridized carbons (Fsp3) is 0.429. The number of nitriles is 1. The van der Waals surface area contributed by atoms with Gasteiger partial charge in [0, 0.05) is 31.9 Å². The summed E-state index contributed by atoms with van der Waals surface area (Å²) in [6.45, 7) is 4.64. The SMILES string of the molecule is CC1C(=O)N(c2cccc(C#N)c2)CCN1CCN. The molecule has 100 valence electrons. The molecule has 1 saturated heterocycles. The van der Waals surface area contributed by atoms with Gasteiger partial charge in [0.25, 0.3) is 0 Å². The zero-order valence-electron chi connectivity index (χ0n) is 11.0. The predicted octanol–water partition coefficient (Wildman–Crippen LogP) is 0.554. The molecule has 1 atom stereocenters. The van der Waals surface area contributed by atoms with Crippen LogP contribution in [0.3, 0.4) is 0 Å². The van der Waals surface area contributed by atoms with Crippen molar-refractivity contribution in [1.29, 1.82) is 5.26 Å². The lowest BCUT2D eigenvalue weighted by Crippen LogP contribution is -2.56. The van der Waals surface area contributed by atoms with Crippen LogP contribution in [0.5, 0.6) is 0 Å². The Kier molecular flexibility index (Phi) is 4.15. The number of nitrogens with zero attached hydrogens (tertiary/aromatic N) is 3. The third-order valence-electron chi connectivity index (χ3n) is 3.49. The number of carbonyl (C=O) groups excluding carboxylic acids is 1. The highest BCUT2D eigenvalue weighted by molar-refractivity contribution is 5.97. The number of amides is 1. The van der Waals surface area contributed by atoms with E-state index in [4.69, 9.17) is 11.0 Å². The van der Waals surface area contributed by atoms with E-state index >= 15 is 0 Å². The van der Waals surface area contributed by atoms with Gasteiger partial charge in [-0.1, -0.05) is 6.07 Å². The predicted molar refractivity (Wildman–Crippen MR) is 73.6 cm³/mol. The lowest BCUT2D eigenvalue weighted by molar-refractivity contribution is -0.125. The number of benzene rings is 1. The number of rotatable bonds is 3. The van der Waals surface area contributed by atoms with E-state index in [0.29, 0.717) is 18.7 Å². The van der Waals surface area contributed by atoms with Crippen molar-refractivity contribution in [3.05, 3.63) is 29.8 Å². The molecular weight excluding hydrogens is 240 g/mol. The summed E-state index contributed by atoms with van der Waals surface area (Å²) in [6.07, 6.45) is 0. The molecule has 1 aliphatic heterocycles. The van der Waals surface area contributed by atoms with E-state index in [0.717, 1.165) is 18.8 Å². The first kappa shape index (κ1) is 13.5. The first-order valence-electron chi connectivity index (χ1n) is 6.43. The molecule has 5 heteroatoms. The van der Waals surface area contributed by atoms with Crippen molar-refractivity contribution in [1.82, 2.24) is 4.90 Å². The highest BCUT2D eigenvalue weighted by Crippen LogP contribution is 2.21. The zero-order chi connectivity index (χ0) is 13.8. The zero-order valence-corrected chi connectivity index (χ0v) is 11.0. The van der Waals surface area contributed by atoms with Crippen LogP contribution in [0.25, 0.3) is 0 Å². The van der Waals surface area contributed by atoms with Gasteiger partial charge in [0.05, 0.1) is 17.7 Å². The minimum atomic E-state index is -0.164. The van der Waals surface area contributed by atoms with Crippen LogP contribution in [0.2, 0.25) is 0 Å². The topological polar surface area (TPSA) is 73.4 Å². The Morgan fingerprint density at radius 1 is 1.47 bits per heavy atom. The van der Waals surface area contributed by atoms with Gasteiger partial charge in [-0.15, -0.1) is 0 Å². The van der Waals surface area contributed by atoms with Gasteiger partial charge >= 0.3 is 0 Å². The van der Waals surface area contributed by atoms with Crippen LogP contribution in [0, 0.1) is 11.3 Å². The van der Waals surface area contributed by atoms with E-state index < -0.39 is 0 Å². The van der Waals surface area contributed by atoms with Crippen LogP contribution >= 0.6 is 0 Å². The van der Waals surface area contributed by atoms with Gasteiger partial charge in [-0.2, -0.15) is 5.26 Å². The second-order valence-electron chi connectivity index (χ2n) is 4.65. The highest BCUT2D eigenvalue weighted by atomic mass is 16.2. The van der Waals surface area contributed by atoms with Gasteiger partial charge in [-0.05, 0) is 25.1 Å². The molecule has 1 aromatic rings. The summed E-state index contributed by atoms with van der Waals surface area (Å²) in [5.41, 5.74) is 6.91. The largest absolute Gasteiger partial charge is 0.329 e. The Bertz CT molecular complexity index is 508. The molecule has 2 rings (SSSR count). The molecule has 0 aromatic heterocycles. The molecule has 1 fully saturated rings. The van der Waals surface area contributed by atoms with Gasteiger partial charge in [-0.3, -0.25) is 9.69 Å². The molecule has 0 aliphatic carbocycles. The summed E-state index contributed by atoms with van der Waals surface area (Å²) in [5, 5.41) is 8.91. The van der Waals surface area contributed by atoms with E-state index in [2.05, 4.69) is 11.0 Å². The quantitative estimate of drug-likeness (QED) is 0.859. The molecular formula is C14H18N4O. The average molecular weight is 258 g/mol. The third kappa shape index (κ3) is 2.75. The molecule has 19 heavy (non-hydrogen) atoms. The molecule has 0 radical (unpaired) electrons. The first-order chi connectivity index (χ1) is 9.17. The van der Waals surface area contributed by atoms with E-state index in [1.807, 2.05) is 13.0 Å². The monoisotopic (exact) mass is 258 g/mol. The van der Waals surface area contributed by atoms with Gasteiger partial charge in [0.2, 0.25) is 5.91 Å². The normalized spacial score (nSPS) is 20.4. The summed E-state index contributed by atoms with van der Waals surface area (Å²) >= 11 is 0. The summed E-state index contributed by atoms with van der Waals surface area (Å²) < 4.78 is 0. The van der Waals surface area contributed by atoms with E-state index in [1.54, 1.807) is 23.1 Å². The highest BCUT2D eigenvalue weighted by Gasteiger charge is 2.31. The van der Waals surface area contributed by atoms with E-state index in [-0.39, 0.29) is 11.9 Å². The minimum Gasteiger partial charge on any atom is -0.329 e. The molecule has 1 heterocycles. The van der Waals surface area contributed by atoms with Crippen molar-refractivity contribution in [3.8, 4) is 6.07 Å². The van der Waals surface area contributed by atoms with Gasteiger partial charge in [0.15, 0.2) is 0 Å². The fourth-order valence-corrected chi connectivity index (χ4v) is 2.38. The van der Waals surface area contributed by atoms with Crippen molar-refractivity contribution < 1.29 is 4.79 Å². The number of hydrogen-bond acceptors (Lipinski definition) is 4. The molecule has 1 unspecified atom stereocenters. The lowest BCUT2D eigenvalue weighted by atomic mass is 10.1. The van der Waals surface area contributed by atoms with Crippen molar-refractivity contribution in [2.24, 2.45) is 5.73 Å². The maximum absolute atomic E-state index is 12.4. The van der Waals surface area contributed by atoms with Crippen LogP contribution in [0.4, 0.5) is 5.69 Å². The molecule has 1 aliphatic rings. The average Bonchev–Trinajstić information content (AvgIpc) is 2.44. The van der Waals surface area contributed by atoms with Gasteiger partial charge < -0.3 is 10.6 Å². The Hall–Kier alpha value is -1.90.